The molecule has 1 fully saturated rings. The van der Waals surface area contributed by atoms with Gasteiger partial charge in [0.1, 0.15) is 5.57 Å². The number of hydrogen-bond donors (Lipinski definition) is 1. The smallest absolute Gasteiger partial charge is 0.270 e. The predicted molar refractivity (Wildman–Crippen MR) is 136 cm³/mol. The third-order valence-electron chi connectivity index (χ3n) is 5.16. The molecular weight excluding hydrogens is 499 g/mol. The Hall–Kier alpha value is -3.04. The molecule has 0 bridgehead atoms. The molecule has 1 aliphatic rings. The van der Waals surface area contributed by atoms with Gasteiger partial charge in [-0.05, 0) is 48.6 Å². The van der Waals surface area contributed by atoms with Crippen LogP contribution < -0.4 is 10.2 Å². The van der Waals surface area contributed by atoms with E-state index in [9.17, 15) is 9.59 Å². The van der Waals surface area contributed by atoms with Crippen molar-refractivity contribution < 1.29 is 9.59 Å². The Labute approximate surface area is 208 Å². The highest BCUT2D eigenvalue weighted by atomic mass is 35.5. The van der Waals surface area contributed by atoms with Crippen LogP contribution >= 0.6 is 46.8 Å². The van der Waals surface area contributed by atoms with Gasteiger partial charge in [-0.3, -0.25) is 19.8 Å². The minimum atomic E-state index is -0.540. The van der Waals surface area contributed by atoms with Gasteiger partial charge in [-0.1, -0.05) is 41.4 Å². The maximum Gasteiger partial charge on any atom is 0.270 e. The molecule has 3 heterocycles. The number of hydrogen-bond acceptors (Lipinski definition) is 5. The van der Waals surface area contributed by atoms with Crippen LogP contribution in [0.4, 0.5) is 5.69 Å². The lowest BCUT2D eigenvalue weighted by molar-refractivity contribution is -0.122. The SMILES string of the molecule is O=C1NC(=S)N(c2ccc(Cl)cc2)C(=O)/C1=C/c1cn(Cc2cnc(Cl)s2)c2ccccc12. The minimum absolute atomic E-state index is 0.0118. The van der Waals surface area contributed by atoms with E-state index in [0.29, 0.717) is 21.7 Å². The van der Waals surface area contributed by atoms with Crippen molar-refractivity contribution in [2.45, 2.75) is 6.54 Å². The van der Waals surface area contributed by atoms with Crippen molar-refractivity contribution in [3.63, 3.8) is 0 Å². The highest BCUT2D eigenvalue weighted by Crippen LogP contribution is 2.28. The van der Waals surface area contributed by atoms with Crippen LogP contribution in [-0.4, -0.2) is 26.5 Å². The fourth-order valence-electron chi connectivity index (χ4n) is 3.68. The molecule has 1 N–H and O–H groups in total. The zero-order valence-corrected chi connectivity index (χ0v) is 19.9. The maximum absolute atomic E-state index is 13.3. The van der Waals surface area contributed by atoms with Crippen molar-refractivity contribution in [2.75, 3.05) is 4.90 Å². The van der Waals surface area contributed by atoms with Gasteiger partial charge in [0.15, 0.2) is 9.58 Å². The number of carbonyl (C=O) groups excluding carboxylic acids is 2. The lowest BCUT2D eigenvalue weighted by Crippen LogP contribution is -2.54. The zero-order valence-electron chi connectivity index (χ0n) is 16.8. The van der Waals surface area contributed by atoms with E-state index >= 15 is 0 Å². The topological polar surface area (TPSA) is 67.2 Å². The number of carbonyl (C=O) groups is 2. The molecule has 1 aliphatic heterocycles. The normalized spacial score (nSPS) is 15.5. The van der Waals surface area contributed by atoms with Crippen molar-refractivity contribution in [1.82, 2.24) is 14.9 Å². The maximum atomic E-state index is 13.3. The number of nitrogens with one attached hydrogen (secondary N) is 1. The van der Waals surface area contributed by atoms with Crippen LogP contribution in [0.15, 0.2) is 66.5 Å². The summed E-state index contributed by atoms with van der Waals surface area (Å²) in [5.74, 6) is -1.04. The summed E-state index contributed by atoms with van der Waals surface area (Å²) in [6.45, 7) is 0.565. The number of halogens is 2. The van der Waals surface area contributed by atoms with Gasteiger partial charge in [0.2, 0.25) is 0 Å². The molecule has 0 atom stereocenters. The van der Waals surface area contributed by atoms with Crippen molar-refractivity contribution in [3.8, 4) is 0 Å². The molecule has 5 rings (SSSR count). The van der Waals surface area contributed by atoms with Crippen molar-refractivity contribution in [3.05, 3.63) is 86.4 Å². The monoisotopic (exact) mass is 512 g/mol. The molecule has 1 saturated heterocycles. The number of nitrogens with zero attached hydrogens (tertiary/aromatic N) is 3. The van der Waals surface area contributed by atoms with Crippen molar-refractivity contribution in [2.24, 2.45) is 0 Å². The molecule has 6 nitrogen and oxygen atoms in total. The summed E-state index contributed by atoms with van der Waals surface area (Å²) in [5, 5.41) is 4.07. The summed E-state index contributed by atoms with van der Waals surface area (Å²) in [6, 6.07) is 14.5. The number of para-hydroxylation sites is 1. The molecule has 0 saturated carbocycles. The van der Waals surface area contributed by atoms with Gasteiger partial charge in [0.05, 0.1) is 12.2 Å². The largest absolute Gasteiger partial charge is 0.342 e. The van der Waals surface area contributed by atoms with Gasteiger partial charge in [0, 0.05) is 38.8 Å². The Bertz CT molecular complexity index is 1460. The number of amides is 2. The first-order chi connectivity index (χ1) is 15.9. The predicted octanol–water partition coefficient (Wildman–Crippen LogP) is 5.28. The fraction of sp³-hybridized carbons (Fsp3) is 0.0435. The van der Waals surface area contributed by atoms with E-state index in [4.69, 9.17) is 35.4 Å². The molecule has 164 valence electrons. The molecular formula is C23H14Cl2N4O2S2. The molecule has 10 heteroatoms. The average molecular weight is 513 g/mol. The first-order valence-electron chi connectivity index (χ1n) is 9.76. The summed E-state index contributed by atoms with van der Waals surface area (Å²) >= 11 is 18.6. The molecule has 0 unspecified atom stereocenters. The second-order valence-electron chi connectivity index (χ2n) is 7.24. The van der Waals surface area contributed by atoms with Crippen LogP contribution in [0.5, 0.6) is 0 Å². The Balaban J connectivity index is 1.56. The standard InChI is InChI=1S/C23H14Cl2N4O2S2/c24-14-5-7-15(8-6-14)29-21(31)18(20(30)27-23(29)32)9-13-11-28(12-16-10-26-22(25)33-16)19-4-2-1-3-17(13)19/h1-11H,12H2,(H,27,30,32)/b18-9+. The van der Waals surface area contributed by atoms with Gasteiger partial charge >= 0.3 is 0 Å². The van der Waals surface area contributed by atoms with Crippen molar-refractivity contribution in [1.29, 1.82) is 0 Å². The second kappa shape index (κ2) is 8.72. The number of thiazole rings is 1. The molecule has 0 radical (unpaired) electrons. The van der Waals surface area contributed by atoms with Gasteiger partial charge < -0.3 is 4.57 Å². The van der Waals surface area contributed by atoms with E-state index in [-0.39, 0.29) is 10.7 Å². The van der Waals surface area contributed by atoms with E-state index in [1.165, 1.54) is 16.2 Å². The highest BCUT2D eigenvalue weighted by Gasteiger charge is 2.34. The van der Waals surface area contributed by atoms with Crippen LogP contribution in [0, 0.1) is 0 Å². The summed E-state index contributed by atoms with van der Waals surface area (Å²) in [5.41, 5.74) is 2.21. The first-order valence-corrected chi connectivity index (χ1v) is 11.7. The van der Waals surface area contributed by atoms with E-state index in [0.717, 1.165) is 21.3 Å². The molecule has 2 aromatic carbocycles. The number of aromatic nitrogens is 2. The third-order valence-corrected chi connectivity index (χ3v) is 6.79. The summed E-state index contributed by atoms with van der Waals surface area (Å²) in [7, 11) is 0. The quantitative estimate of drug-likeness (QED) is 0.229. The minimum Gasteiger partial charge on any atom is -0.342 e. The number of fused-ring (bicyclic) bond motifs is 1. The Morgan fingerprint density at radius 2 is 1.85 bits per heavy atom. The summed E-state index contributed by atoms with van der Waals surface area (Å²) < 4.78 is 2.52. The van der Waals surface area contributed by atoms with E-state index in [2.05, 4.69) is 10.3 Å². The zero-order chi connectivity index (χ0) is 23.1. The second-order valence-corrected chi connectivity index (χ2v) is 9.76. The van der Waals surface area contributed by atoms with Crippen LogP contribution in [0.2, 0.25) is 9.49 Å². The number of anilines is 1. The first kappa shape index (κ1) is 21.8. The molecule has 0 aliphatic carbocycles. The third kappa shape index (κ3) is 4.18. The summed E-state index contributed by atoms with van der Waals surface area (Å²) in [4.78, 5) is 32.4. The van der Waals surface area contributed by atoms with Crippen molar-refractivity contribution >= 4 is 86.3 Å². The number of rotatable bonds is 4. The van der Waals surface area contributed by atoms with Gasteiger partial charge in [0.25, 0.3) is 11.8 Å². The molecule has 33 heavy (non-hydrogen) atoms. The van der Waals surface area contributed by atoms with E-state index in [1.807, 2.05) is 35.0 Å². The molecule has 2 aromatic heterocycles. The van der Waals surface area contributed by atoms with Gasteiger partial charge in [-0.15, -0.1) is 11.3 Å². The van der Waals surface area contributed by atoms with Crippen LogP contribution in [-0.2, 0) is 16.1 Å². The average Bonchev–Trinajstić information content (AvgIpc) is 3.36. The lowest BCUT2D eigenvalue weighted by Gasteiger charge is -2.28. The van der Waals surface area contributed by atoms with E-state index in [1.54, 1.807) is 36.5 Å². The lowest BCUT2D eigenvalue weighted by atomic mass is 10.1. The van der Waals surface area contributed by atoms with Gasteiger partial charge in [-0.2, -0.15) is 0 Å². The van der Waals surface area contributed by atoms with Gasteiger partial charge in [-0.25, -0.2) is 4.98 Å². The summed E-state index contributed by atoms with van der Waals surface area (Å²) in [6.07, 6.45) is 5.25. The highest BCUT2D eigenvalue weighted by molar-refractivity contribution is 7.80. The fourth-order valence-corrected chi connectivity index (χ4v) is 5.07. The molecule has 2 amide bonds. The Morgan fingerprint density at radius 3 is 2.58 bits per heavy atom. The Kier molecular flexibility index (Phi) is 5.76. The van der Waals surface area contributed by atoms with Crippen LogP contribution in [0.1, 0.15) is 10.4 Å². The van der Waals surface area contributed by atoms with Crippen LogP contribution in [0.3, 0.4) is 0 Å². The molecule has 4 aromatic rings. The number of thiocarbonyl (C=S) groups is 1. The van der Waals surface area contributed by atoms with Crippen LogP contribution in [0.25, 0.3) is 17.0 Å². The molecule has 0 spiro atoms. The number of benzene rings is 2. The Morgan fingerprint density at radius 1 is 1.09 bits per heavy atom. The van der Waals surface area contributed by atoms with E-state index < -0.39 is 11.8 Å².